The van der Waals surface area contributed by atoms with E-state index in [1.54, 1.807) is 30.0 Å². The number of hydrogen-bond acceptors (Lipinski definition) is 5. The normalized spacial score (nSPS) is 32.9. The Bertz CT molecular complexity index is 790. The van der Waals surface area contributed by atoms with Gasteiger partial charge in [0, 0.05) is 23.9 Å². The van der Waals surface area contributed by atoms with Crippen LogP contribution in [0.2, 0.25) is 10.0 Å². The number of halogens is 2. The Balaban J connectivity index is 1.26. The summed E-state index contributed by atoms with van der Waals surface area (Å²) in [6.45, 7) is 1.99. The summed E-state index contributed by atoms with van der Waals surface area (Å²) >= 11 is 13.6. The van der Waals surface area contributed by atoms with Crippen LogP contribution < -0.4 is 20.7 Å². The van der Waals surface area contributed by atoms with E-state index in [9.17, 15) is 9.59 Å². The quantitative estimate of drug-likeness (QED) is 0.611. The lowest BCUT2D eigenvalue weighted by Crippen LogP contribution is -2.61. The summed E-state index contributed by atoms with van der Waals surface area (Å²) in [6.07, 6.45) is 2.87. The van der Waals surface area contributed by atoms with Gasteiger partial charge in [-0.05, 0) is 50.2 Å². The number of thioether (sulfide) groups is 1. The van der Waals surface area contributed by atoms with Gasteiger partial charge < -0.3 is 15.4 Å². The molecule has 3 unspecified atom stereocenters. The lowest BCUT2D eigenvalue weighted by atomic mass is 9.60. The first-order valence-electron chi connectivity index (χ1n) is 9.94. The molecule has 1 aliphatic heterocycles. The Hall–Kier alpha value is -1.15. The van der Waals surface area contributed by atoms with Crippen LogP contribution in [0.3, 0.4) is 0 Å². The largest absolute Gasteiger partial charge is 0.484 e. The molecule has 4 aliphatic rings. The summed E-state index contributed by atoms with van der Waals surface area (Å²) in [6, 6.07) is 4.98. The number of amides is 2. The molecule has 2 bridgehead atoms. The molecule has 2 amide bonds. The second-order valence-corrected chi connectivity index (χ2v) is 10.3. The first-order chi connectivity index (χ1) is 13.9. The Morgan fingerprint density at radius 3 is 2.52 bits per heavy atom. The Morgan fingerprint density at radius 1 is 1.14 bits per heavy atom. The van der Waals surface area contributed by atoms with E-state index >= 15 is 0 Å². The molecule has 0 spiro atoms. The van der Waals surface area contributed by atoms with Gasteiger partial charge in [-0.25, -0.2) is 0 Å². The lowest BCUT2D eigenvalue weighted by Gasteiger charge is -2.51. The molecular formula is C20H25Cl2N3O3S. The first-order valence-corrected chi connectivity index (χ1v) is 11.7. The highest BCUT2D eigenvalue weighted by Crippen LogP contribution is 2.45. The van der Waals surface area contributed by atoms with E-state index in [0.717, 1.165) is 25.0 Å². The van der Waals surface area contributed by atoms with Crippen LogP contribution in [0.15, 0.2) is 18.2 Å². The Labute approximate surface area is 184 Å². The zero-order valence-electron chi connectivity index (χ0n) is 16.1. The van der Waals surface area contributed by atoms with E-state index in [-0.39, 0.29) is 36.5 Å². The Kier molecular flexibility index (Phi) is 6.49. The first kappa shape index (κ1) is 21.1. The zero-order valence-corrected chi connectivity index (χ0v) is 18.4. The van der Waals surface area contributed by atoms with Gasteiger partial charge in [-0.3, -0.25) is 14.9 Å². The molecule has 4 atom stereocenters. The monoisotopic (exact) mass is 457 g/mol. The summed E-state index contributed by atoms with van der Waals surface area (Å²) in [5.41, 5.74) is 0. The minimum atomic E-state index is -0.167. The molecule has 1 heterocycles. The molecular weight excluding hydrogens is 433 g/mol. The summed E-state index contributed by atoms with van der Waals surface area (Å²) in [5.74, 6) is 2.23. The molecule has 0 radical (unpaired) electrons. The molecule has 158 valence electrons. The van der Waals surface area contributed by atoms with Crippen molar-refractivity contribution in [2.24, 2.45) is 11.8 Å². The van der Waals surface area contributed by atoms with Crippen molar-refractivity contribution in [1.82, 2.24) is 16.0 Å². The Morgan fingerprint density at radius 2 is 1.86 bits per heavy atom. The average molecular weight is 458 g/mol. The number of carbonyl (C=O) groups excluding carboxylic acids is 2. The number of rotatable bonds is 6. The highest BCUT2D eigenvalue weighted by molar-refractivity contribution is 8.00. The zero-order chi connectivity index (χ0) is 20.5. The fourth-order valence-corrected chi connectivity index (χ4v) is 5.67. The van der Waals surface area contributed by atoms with Crippen LogP contribution >= 0.6 is 35.0 Å². The second kappa shape index (κ2) is 8.92. The molecule has 3 saturated carbocycles. The van der Waals surface area contributed by atoms with Crippen LogP contribution in [0.25, 0.3) is 0 Å². The van der Waals surface area contributed by atoms with Crippen molar-refractivity contribution >= 4 is 46.8 Å². The van der Waals surface area contributed by atoms with Crippen LogP contribution in [0.1, 0.15) is 26.2 Å². The molecule has 1 saturated heterocycles. The highest BCUT2D eigenvalue weighted by atomic mass is 35.5. The molecule has 3 aliphatic carbocycles. The third-order valence-corrected chi connectivity index (χ3v) is 7.96. The lowest BCUT2D eigenvalue weighted by molar-refractivity contribution is -0.127. The fraction of sp³-hybridized carbons (Fsp3) is 0.600. The van der Waals surface area contributed by atoms with Crippen molar-refractivity contribution in [3.05, 3.63) is 28.2 Å². The van der Waals surface area contributed by atoms with Gasteiger partial charge in [0.1, 0.15) is 5.75 Å². The SMILES string of the molecule is CC1NC(C(=O)N[C@@H]2CC(NC(=O)COc3ccc(Cl)c(Cl)c3)C3CC2C3)CS1. The second-order valence-electron chi connectivity index (χ2n) is 8.08. The predicted octanol–water partition coefficient (Wildman–Crippen LogP) is 2.82. The smallest absolute Gasteiger partial charge is 0.258 e. The maximum atomic E-state index is 12.5. The van der Waals surface area contributed by atoms with Crippen molar-refractivity contribution in [2.45, 2.75) is 49.7 Å². The minimum Gasteiger partial charge on any atom is -0.484 e. The van der Waals surface area contributed by atoms with Crippen LogP contribution in [0.5, 0.6) is 5.75 Å². The van der Waals surface area contributed by atoms with Crippen molar-refractivity contribution in [2.75, 3.05) is 12.4 Å². The topological polar surface area (TPSA) is 79.5 Å². The van der Waals surface area contributed by atoms with Gasteiger partial charge in [-0.1, -0.05) is 23.2 Å². The van der Waals surface area contributed by atoms with Gasteiger partial charge in [-0.2, -0.15) is 0 Å². The molecule has 29 heavy (non-hydrogen) atoms. The van der Waals surface area contributed by atoms with E-state index in [1.807, 2.05) is 0 Å². The fourth-order valence-electron chi connectivity index (χ4n) is 4.40. The van der Waals surface area contributed by atoms with Gasteiger partial charge in [-0.15, -0.1) is 11.8 Å². The van der Waals surface area contributed by atoms with Gasteiger partial charge in [0.25, 0.3) is 5.91 Å². The molecule has 4 fully saturated rings. The summed E-state index contributed by atoms with van der Waals surface area (Å²) < 4.78 is 5.53. The molecule has 0 aromatic heterocycles. The molecule has 1 aromatic rings. The molecule has 9 heteroatoms. The number of hydrogen-bond donors (Lipinski definition) is 3. The van der Waals surface area contributed by atoms with Gasteiger partial charge >= 0.3 is 0 Å². The van der Waals surface area contributed by atoms with Crippen molar-refractivity contribution < 1.29 is 14.3 Å². The number of carbonyl (C=O) groups is 2. The van der Waals surface area contributed by atoms with Crippen LogP contribution in [0.4, 0.5) is 0 Å². The highest BCUT2D eigenvalue weighted by Gasteiger charge is 2.47. The van der Waals surface area contributed by atoms with E-state index in [0.29, 0.717) is 33.0 Å². The molecule has 6 nitrogen and oxygen atoms in total. The van der Waals surface area contributed by atoms with E-state index in [2.05, 4.69) is 22.9 Å². The van der Waals surface area contributed by atoms with Crippen molar-refractivity contribution in [3.8, 4) is 5.75 Å². The van der Waals surface area contributed by atoms with Crippen LogP contribution in [-0.4, -0.2) is 47.7 Å². The summed E-state index contributed by atoms with van der Waals surface area (Å²) in [4.78, 5) is 24.9. The molecule has 5 rings (SSSR count). The minimum absolute atomic E-state index is 0.0695. The summed E-state index contributed by atoms with van der Waals surface area (Å²) in [7, 11) is 0. The standard InChI is InChI=1S/C20H25Cl2N3O3S/c1-10-23-18(9-29-10)20(27)25-17-7-16(11-4-12(17)5-11)24-19(26)8-28-13-2-3-14(21)15(22)6-13/h2-3,6,10-12,16-18,23H,4-5,7-9H2,1H3,(H,24,26)(H,25,27)/t10?,11?,12?,16?,17-,18?/m1/s1. The number of nitrogens with one attached hydrogen (secondary N) is 3. The number of fused-ring (bicyclic) bond motifs is 2. The number of ether oxygens (including phenoxy) is 1. The summed E-state index contributed by atoms with van der Waals surface area (Å²) in [5, 5.41) is 10.8. The van der Waals surface area contributed by atoms with Gasteiger partial charge in [0.2, 0.25) is 5.91 Å². The third-order valence-electron chi connectivity index (χ3n) is 6.06. The average Bonchev–Trinajstić information content (AvgIpc) is 3.08. The molecule has 3 N–H and O–H groups in total. The van der Waals surface area contributed by atoms with E-state index in [4.69, 9.17) is 27.9 Å². The van der Waals surface area contributed by atoms with Crippen LogP contribution in [0, 0.1) is 11.8 Å². The van der Waals surface area contributed by atoms with Crippen molar-refractivity contribution in [1.29, 1.82) is 0 Å². The van der Waals surface area contributed by atoms with Crippen LogP contribution in [-0.2, 0) is 9.59 Å². The predicted molar refractivity (Wildman–Crippen MR) is 115 cm³/mol. The van der Waals surface area contributed by atoms with Gasteiger partial charge in [0.15, 0.2) is 6.61 Å². The van der Waals surface area contributed by atoms with Gasteiger partial charge in [0.05, 0.1) is 21.5 Å². The van der Waals surface area contributed by atoms with E-state index < -0.39 is 0 Å². The maximum absolute atomic E-state index is 12.5. The maximum Gasteiger partial charge on any atom is 0.258 e. The van der Waals surface area contributed by atoms with Crippen molar-refractivity contribution in [3.63, 3.8) is 0 Å². The third kappa shape index (κ3) is 4.95. The van der Waals surface area contributed by atoms with E-state index in [1.165, 1.54) is 0 Å². The number of benzene rings is 1. The molecule has 1 aromatic carbocycles.